The van der Waals surface area contributed by atoms with Crippen LogP contribution in [0.15, 0.2) is 60.9 Å². The van der Waals surface area contributed by atoms with Crippen LogP contribution in [0.4, 0.5) is 0 Å². The van der Waals surface area contributed by atoms with Crippen LogP contribution in [-0.4, -0.2) is 22.0 Å². The molecule has 106 valence electrons. The predicted octanol–water partition coefficient (Wildman–Crippen LogP) is 3.38. The van der Waals surface area contributed by atoms with Crippen molar-refractivity contribution in [2.75, 3.05) is 7.11 Å². The van der Waals surface area contributed by atoms with Crippen molar-refractivity contribution in [2.24, 2.45) is 0 Å². The molecular weight excluding hydrogens is 268 g/mol. The van der Waals surface area contributed by atoms with E-state index in [9.17, 15) is 5.11 Å². The van der Waals surface area contributed by atoms with E-state index < -0.39 is 0 Å². The first kappa shape index (κ1) is 13.1. The van der Waals surface area contributed by atoms with Crippen LogP contribution in [0.2, 0.25) is 0 Å². The van der Waals surface area contributed by atoms with Gasteiger partial charge in [-0.05, 0) is 36.4 Å². The van der Waals surface area contributed by atoms with E-state index in [2.05, 4.69) is 5.10 Å². The van der Waals surface area contributed by atoms with E-state index in [4.69, 9.17) is 9.47 Å². The van der Waals surface area contributed by atoms with Crippen LogP contribution in [-0.2, 0) is 0 Å². The fraction of sp³-hybridized carbons (Fsp3) is 0.0625. The molecule has 1 heterocycles. The molecule has 0 fully saturated rings. The topological polar surface area (TPSA) is 56.5 Å². The van der Waals surface area contributed by atoms with Gasteiger partial charge in [0.15, 0.2) is 17.2 Å². The molecule has 0 amide bonds. The lowest BCUT2D eigenvalue weighted by Crippen LogP contribution is -1.93. The van der Waals surface area contributed by atoms with E-state index in [0.29, 0.717) is 11.5 Å². The Bertz CT molecular complexity index is 735. The van der Waals surface area contributed by atoms with E-state index in [0.717, 1.165) is 11.4 Å². The second-order valence-corrected chi connectivity index (χ2v) is 4.39. The van der Waals surface area contributed by atoms with Crippen LogP contribution in [0.3, 0.4) is 0 Å². The van der Waals surface area contributed by atoms with Gasteiger partial charge in [0.05, 0.1) is 25.2 Å². The molecule has 0 saturated carbocycles. The molecule has 3 aromatic rings. The number of para-hydroxylation sites is 2. The summed E-state index contributed by atoms with van der Waals surface area (Å²) in [6.07, 6.45) is 3.34. The molecule has 0 aliphatic carbocycles. The van der Waals surface area contributed by atoms with Crippen molar-refractivity contribution in [3.8, 4) is 28.7 Å². The highest BCUT2D eigenvalue weighted by Gasteiger charge is 2.06. The number of nitrogens with zero attached hydrogens (tertiary/aromatic N) is 2. The minimum Gasteiger partial charge on any atom is -0.504 e. The monoisotopic (exact) mass is 282 g/mol. The maximum atomic E-state index is 9.69. The largest absolute Gasteiger partial charge is 0.504 e. The summed E-state index contributed by atoms with van der Waals surface area (Å²) in [6, 6.07) is 14.3. The third kappa shape index (κ3) is 2.81. The maximum absolute atomic E-state index is 9.69. The highest BCUT2D eigenvalue weighted by Crippen LogP contribution is 2.30. The van der Waals surface area contributed by atoms with Gasteiger partial charge in [-0.25, -0.2) is 4.68 Å². The Morgan fingerprint density at radius 1 is 1.00 bits per heavy atom. The quantitative estimate of drug-likeness (QED) is 0.797. The van der Waals surface area contributed by atoms with Crippen molar-refractivity contribution >= 4 is 0 Å². The van der Waals surface area contributed by atoms with Crippen molar-refractivity contribution in [3.05, 3.63) is 60.9 Å². The van der Waals surface area contributed by atoms with Gasteiger partial charge in [0.2, 0.25) is 0 Å². The van der Waals surface area contributed by atoms with Crippen LogP contribution >= 0.6 is 0 Å². The molecule has 1 N–H and O–H groups in total. The SMILES string of the molecule is COc1ccc(-n2cc(Oc3ccccc3O)cn2)cc1. The number of phenols is 1. The van der Waals surface area contributed by atoms with Crippen LogP contribution in [0.5, 0.6) is 23.0 Å². The minimum absolute atomic E-state index is 0.0923. The zero-order valence-electron chi connectivity index (χ0n) is 11.4. The van der Waals surface area contributed by atoms with Crippen molar-refractivity contribution in [2.45, 2.75) is 0 Å². The average Bonchev–Trinajstić information content (AvgIpc) is 2.98. The molecular formula is C16H14N2O3. The molecule has 2 aromatic carbocycles. The van der Waals surface area contributed by atoms with Gasteiger partial charge in [0, 0.05) is 0 Å². The van der Waals surface area contributed by atoms with Crippen LogP contribution in [0, 0.1) is 0 Å². The number of aromatic nitrogens is 2. The second-order valence-electron chi connectivity index (χ2n) is 4.39. The highest BCUT2D eigenvalue weighted by atomic mass is 16.5. The summed E-state index contributed by atoms with van der Waals surface area (Å²) >= 11 is 0. The Morgan fingerprint density at radius 2 is 1.76 bits per heavy atom. The summed E-state index contributed by atoms with van der Waals surface area (Å²) in [5.41, 5.74) is 0.892. The Kier molecular flexibility index (Phi) is 3.47. The lowest BCUT2D eigenvalue weighted by atomic mass is 10.3. The third-order valence-electron chi connectivity index (χ3n) is 2.99. The highest BCUT2D eigenvalue weighted by molar-refractivity contribution is 5.42. The summed E-state index contributed by atoms with van der Waals surface area (Å²) in [5.74, 6) is 1.82. The number of hydrogen-bond acceptors (Lipinski definition) is 4. The first-order valence-corrected chi connectivity index (χ1v) is 6.41. The van der Waals surface area contributed by atoms with Crippen molar-refractivity contribution < 1.29 is 14.6 Å². The molecule has 0 spiro atoms. The van der Waals surface area contributed by atoms with Crippen LogP contribution in [0.25, 0.3) is 5.69 Å². The number of hydrogen-bond donors (Lipinski definition) is 1. The summed E-state index contributed by atoms with van der Waals surface area (Å²) in [5, 5.41) is 13.9. The zero-order valence-corrected chi connectivity index (χ0v) is 11.4. The van der Waals surface area contributed by atoms with Gasteiger partial charge < -0.3 is 14.6 Å². The molecule has 0 unspecified atom stereocenters. The number of benzene rings is 2. The fourth-order valence-corrected chi connectivity index (χ4v) is 1.91. The maximum Gasteiger partial charge on any atom is 0.169 e. The lowest BCUT2D eigenvalue weighted by Gasteiger charge is -2.04. The fourth-order valence-electron chi connectivity index (χ4n) is 1.91. The number of rotatable bonds is 4. The summed E-state index contributed by atoms with van der Waals surface area (Å²) in [6.45, 7) is 0. The smallest absolute Gasteiger partial charge is 0.169 e. The zero-order chi connectivity index (χ0) is 14.7. The molecule has 0 saturated heterocycles. The molecule has 1 aromatic heterocycles. The molecule has 5 nitrogen and oxygen atoms in total. The molecule has 21 heavy (non-hydrogen) atoms. The Morgan fingerprint density at radius 3 is 2.48 bits per heavy atom. The minimum atomic E-state index is 0.0923. The Hall–Kier alpha value is -2.95. The van der Waals surface area contributed by atoms with Gasteiger partial charge >= 0.3 is 0 Å². The van der Waals surface area contributed by atoms with Gasteiger partial charge in [-0.3, -0.25) is 0 Å². The van der Waals surface area contributed by atoms with E-state index in [-0.39, 0.29) is 5.75 Å². The molecule has 0 radical (unpaired) electrons. The van der Waals surface area contributed by atoms with Crippen LogP contribution in [0.1, 0.15) is 0 Å². The molecule has 5 heteroatoms. The summed E-state index contributed by atoms with van der Waals surface area (Å²) in [7, 11) is 1.63. The third-order valence-corrected chi connectivity index (χ3v) is 2.99. The lowest BCUT2D eigenvalue weighted by molar-refractivity contribution is 0.411. The van der Waals surface area contributed by atoms with Gasteiger partial charge in [-0.1, -0.05) is 12.1 Å². The first-order valence-electron chi connectivity index (χ1n) is 6.41. The number of aromatic hydroxyl groups is 1. The number of phenolic OH excluding ortho intramolecular Hbond substituents is 1. The first-order chi connectivity index (χ1) is 10.3. The van der Waals surface area contributed by atoms with Crippen molar-refractivity contribution in [1.82, 2.24) is 9.78 Å². The second kappa shape index (κ2) is 5.58. The summed E-state index contributed by atoms with van der Waals surface area (Å²) < 4.78 is 12.4. The van der Waals surface area contributed by atoms with Gasteiger partial charge in [0.25, 0.3) is 0 Å². The van der Waals surface area contributed by atoms with Gasteiger partial charge in [0.1, 0.15) is 5.75 Å². The van der Waals surface area contributed by atoms with E-state index in [1.165, 1.54) is 0 Å². The Balaban J connectivity index is 1.81. The standard InChI is InChI=1S/C16H14N2O3/c1-20-13-8-6-12(7-9-13)18-11-14(10-17-18)21-16-5-3-2-4-15(16)19/h2-11,19H,1H3. The van der Waals surface area contributed by atoms with E-state index in [1.54, 1.807) is 48.5 Å². The average molecular weight is 282 g/mol. The van der Waals surface area contributed by atoms with Crippen molar-refractivity contribution in [3.63, 3.8) is 0 Å². The molecule has 0 aliphatic heterocycles. The normalized spacial score (nSPS) is 10.3. The summed E-state index contributed by atoms with van der Waals surface area (Å²) in [4.78, 5) is 0. The molecule has 3 rings (SSSR count). The molecule has 0 bridgehead atoms. The molecule has 0 aliphatic rings. The Labute approximate surface area is 122 Å². The van der Waals surface area contributed by atoms with E-state index in [1.807, 2.05) is 24.3 Å². The van der Waals surface area contributed by atoms with Crippen LogP contribution < -0.4 is 9.47 Å². The number of methoxy groups -OCH3 is 1. The number of ether oxygens (including phenoxy) is 2. The van der Waals surface area contributed by atoms with Gasteiger partial charge in [-0.15, -0.1) is 0 Å². The van der Waals surface area contributed by atoms with E-state index >= 15 is 0 Å². The van der Waals surface area contributed by atoms with Gasteiger partial charge in [-0.2, -0.15) is 5.10 Å². The molecule has 0 atom stereocenters. The predicted molar refractivity (Wildman–Crippen MR) is 78.3 cm³/mol. The van der Waals surface area contributed by atoms with Crippen molar-refractivity contribution in [1.29, 1.82) is 0 Å².